The molecule has 70 heavy (non-hydrogen) atoms. The predicted molar refractivity (Wildman–Crippen MR) is 305 cm³/mol. The molecule has 0 saturated carbocycles. The molecule has 0 radical (unpaired) electrons. The molecule has 10 heterocycles. The lowest BCUT2D eigenvalue weighted by atomic mass is 9.88. The van der Waals surface area contributed by atoms with Crippen LogP contribution in [0.15, 0.2) is 48.5 Å². The highest BCUT2D eigenvalue weighted by atomic mass is 15.1. The van der Waals surface area contributed by atoms with Gasteiger partial charge >= 0.3 is 0 Å². The fourth-order valence-electron chi connectivity index (χ4n) is 16.0. The number of nitrogens with zero attached hydrogens (tertiary/aromatic N) is 4. The molecule has 0 atom stereocenters. The molecule has 0 saturated heterocycles. The molecule has 10 aromatic heterocycles. The van der Waals surface area contributed by atoms with Gasteiger partial charge in [-0.25, -0.2) is 0 Å². The minimum Gasteiger partial charge on any atom is -0.304 e. The van der Waals surface area contributed by atoms with E-state index in [-0.39, 0.29) is 10.8 Å². The van der Waals surface area contributed by atoms with Gasteiger partial charge in [-0.15, -0.1) is 0 Å². The van der Waals surface area contributed by atoms with Crippen molar-refractivity contribution in [1.82, 2.24) is 17.6 Å². The van der Waals surface area contributed by atoms with Crippen LogP contribution in [0.1, 0.15) is 153 Å². The van der Waals surface area contributed by atoms with Crippen LogP contribution in [0.3, 0.4) is 0 Å². The van der Waals surface area contributed by atoms with Gasteiger partial charge in [-0.2, -0.15) is 0 Å². The maximum absolute atomic E-state index is 2.90. The quantitative estimate of drug-likeness (QED) is 0.107. The Kier molecular flexibility index (Phi) is 7.70. The van der Waals surface area contributed by atoms with Gasteiger partial charge in [0.1, 0.15) is 0 Å². The van der Waals surface area contributed by atoms with Crippen LogP contribution in [0.2, 0.25) is 0 Å². The normalized spacial score (nSPS) is 14.0. The Labute approximate surface area is 409 Å². The Hall–Kier alpha value is -6.26. The summed E-state index contributed by atoms with van der Waals surface area (Å²) >= 11 is 0. The molecule has 0 aliphatic heterocycles. The third-order valence-electron chi connectivity index (χ3n) is 18.7. The lowest BCUT2D eigenvalue weighted by Crippen LogP contribution is -2.09. The van der Waals surface area contributed by atoms with Crippen molar-refractivity contribution in [2.75, 3.05) is 0 Å². The van der Waals surface area contributed by atoms with E-state index in [9.17, 15) is 0 Å². The third-order valence-corrected chi connectivity index (χ3v) is 18.7. The Morgan fingerprint density at radius 1 is 0.243 bits per heavy atom. The predicted octanol–water partition coefficient (Wildman–Crippen LogP) is 18.0. The van der Waals surface area contributed by atoms with Crippen LogP contribution in [-0.2, 0) is 62.2 Å². The maximum Gasteiger partial charge on any atom is 0.0812 e. The first kappa shape index (κ1) is 41.5. The summed E-state index contributed by atoms with van der Waals surface area (Å²) in [4.78, 5) is 0. The smallest absolute Gasteiger partial charge is 0.0812 e. The van der Waals surface area contributed by atoms with Crippen molar-refractivity contribution < 1.29 is 0 Å². The first-order chi connectivity index (χ1) is 33.8. The number of benzene rings is 1. The van der Waals surface area contributed by atoms with Crippen molar-refractivity contribution in [1.29, 1.82) is 0 Å². The van der Waals surface area contributed by atoms with Crippen LogP contribution in [0.25, 0.3) is 131 Å². The van der Waals surface area contributed by atoms with E-state index in [0.717, 1.165) is 51.4 Å². The lowest BCUT2D eigenvalue weighted by Gasteiger charge is -2.26. The molecule has 0 fully saturated rings. The standard InChI is InChI=1S/C66H66N4/c1-15-33-37(19-5)57-58-38(20-6)34(16-2)55-47-43-29-25-32(66(12,13)14)26-30-44(43)48-50(47)52-62(68(55)58)61-51-49-45(53(33)67(57)61)41-27-23-31(65(9,10)11)24-28-42(41)46(49)54-35(17-3)39(21-7)59-60-40(22-8)36(18-4)56(48)70(60)64(52)63(51)69(54)59/h23-30H,15-22H2,1-14H3. The Morgan fingerprint density at radius 3 is 0.629 bits per heavy atom. The summed E-state index contributed by atoms with van der Waals surface area (Å²) in [5, 5.41) is 17.4. The van der Waals surface area contributed by atoms with Crippen molar-refractivity contribution in [3.8, 4) is 0 Å². The molecule has 15 rings (SSSR count). The van der Waals surface area contributed by atoms with E-state index in [0.29, 0.717) is 0 Å². The third kappa shape index (κ3) is 4.17. The second-order valence-corrected chi connectivity index (χ2v) is 23.6. The van der Waals surface area contributed by atoms with Crippen LogP contribution in [0.5, 0.6) is 0 Å². The number of aryl methyl sites for hydroxylation is 8. The number of rotatable bonds is 8. The van der Waals surface area contributed by atoms with Gasteiger partial charge < -0.3 is 17.6 Å². The number of aromatic nitrogens is 4. The Morgan fingerprint density at radius 2 is 0.443 bits per heavy atom. The van der Waals surface area contributed by atoms with Crippen LogP contribution in [-0.4, -0.2) is 17.6 Å². The molecule has 15 aromatic rings. The second kappa shape index (κ2) is 13.0. The van der Waals surface area contributed by atoms with Crippen molar-refractivity contribution in [2.45, 2.75) is 159 Å². The van der Waals surface area contributed by atoms with Crippen molar-refractivity contribution in [2.24, 2.45) is 0 Å². The minimum atomic E-state index is 0.0223. The van der Waals surface area contributed by atoms with Gasteiger partial charge in [0.2, 0.25) is 0 Å². The highest BCUT2D eigenvalue weighted by Crippen LogP contribution is 2.60. The van der Waals surface area contributed by atoms with Gasteiger partial charge in [-0.05, 0) is 139 Å². The van der Waals surface area contributed by atoms with E-state index in [1.807, 2.05) is 0 Å². The fraction of sp³-hybridized carbons (Fsp3) is 0.364. The van der Waals surface area contributed by atoms with E-state index in [1.165, 1.54) is 186 Å². The van der Waals surface area contributed by atoms with Gasteiger partial charge in [0.15, 0.2) is 0 Å². The topological polar surface area (TPSA) is 17.6 Å². The molecule has 0 aliphatic carbocycles. The number of hydrogen-bond acceptors (Lipinski definition) is 0. The average Bonchev–Trinajstić information content (AvgIpc) is 4.11. The van der Waals surface area contributed by atoms with E-state index in [1.54, 1.807) is 0 Å². The van der Waals surface area contributed by atoms with E-state index in [4.69, 9.17) is 0 Å². The average molecular weight is 915 g/mol. The van der Waals surface area contributed by atoms with Crippen molar-refractivity contribution in [3.63, 3.8) is 0 Å². The zero-order valence-corrected chi connectivity index (χ0v) is 44.1. The van der Waals surface area contributed by atoms with Crippen LogP contribution in [0.4, 0.5) is 0 Å². The van der Waals surface area contributed by atoms with E-state index < -0.39 is 0 Å². The monoisotopic (exact) mass is 915 g/mol. The number of fused-ring (bicyclic) bond motifs is 12. The SMILES string of the molecule is CCc1c(CC)c2c3c(CC)c(CC)c4c5c6ccc(C(C)(C)C)ccc6c6c5c5c(c7c8c9c(c%10ccc(C(C)(C)C)ccc%10c9c9c(CC)c(CC)c%10c%11c(CC)c(CC)c6n%11c5c8n9%10)c1n27)n43. The van der Waals surface area contributed by atoms with Gasteiger partial charge in [-0.3, -0.25) is 0 Å². The Balaban J connectivity index is 1.43. The molecule has 0 amide bonds. The largest absolute Gasteiger partial charge is 0.304 e. The summed E-state index contributed by atoms with van der Waals surface area (Å²) in [6, 6.07) is 20.0. The maximum atomic E-state index is 2.90. The summed E-state index contributed by atoms with van der Waals surface area (Å²) in [6.07, 6.45) is 7.95. The summed E-state index contributed by atoms with van der Waals surface area (Å²) < 4.78 is 11.6. The zero-order chi connectivity index (χ0) is 48.3. The molecule has 0 N–H and O–H groups in total. The second-order valence-electron chi connectivity index (χ2n) is 23.6. The minimum absolute atomic E-state index is 0.0223. The molecule has 4 nitrogen and oxygen atoms in total. The van der Waals surface area contributed by atoms with Crippen LogP contribution in [0, 0.1) is 0 Å². The van der Waals surface area contributed by atoms with Crippen molar-refractivity contribution >= 4 is 131 Å². The molecule has 5 aromatic carbocycles. The first-order valence-corrected chi connectivity index (χ1v) is 27.3. The van der Waals surface area contributed by atoms with Crippen LogP contribution >= 0.6 is 0 Å². The van der Waals surface area contributed by atoms with Gasteiger partial charge in [0.05, 0.1) is 66.2 Å². The molecule has 0 unspecified atom stereocenters. The number of hydrogen-bond donors (Lipinski definition) is 0. The molecular weight excluding hydrogens is 849 g/mol. The molecule has 0 aliphatic rings. The molecular formula is C66H66N4. The van der Waals surface area contributed by atoms with Crippen LogP contribution < -0.4 is 0 Å². The highest BCUT2D eigenvalue weighted by molar-refractivity contribution is 6.51. The Bertz CT molecular complexity index is 4150. The fourth-order valence-corrected chi connectivity index (χ4v) is 16.0. The van der Waals surface area contributed by atoms with Gasteiger partial charge in [0.25, 0.3) is 0 Å². The zero-order valence-electron chi connectivity index (χ0n) is 44.1. The van der Waals surface area contributed by atoms with Crippen molar-refractivity contribution in [3.05, 3.63) is 104 Å². The molecule has 0 spiro atoms. The number of pyridine rings is 4. The molecule has 4 heteroatoms. The summed E-state index contributed by atoms with van der Waals surface area (Å²) in [7, 11) is 0. The highest BCUT2D eigenvalue weighted by Gasteiger charge is 2.40. The molecule has 0 bridgehead atoms. The first-order valence-electron chi connectivity index (χ1n) is 27.3. The van der Waals surface area contributed by atoms with Gasteiger partial charge in [-0.1, -0.05) is 145 Å². The van der Waals surface area contributed by atoms with E-state index in [2.05, 4.69) is 163 Å². The molecule has 350 valence electrons. The van der Waals surface area contributed by atoms with Gasteiger partial charge in [0, 0.05) is 43.1 Å². The van der Waals surface area contributed by atoms with E-state index >= 15 is 0 Å². The summed E-state index contributed by atoms with van der Waals surface area (Å²) in [5.41, 5.74) is 32.5. The summed E-state index contributed by atoms with van der Waals surface area (Å²) in [6.45, 7) is 33.7. The lowest BCUT2D eigenvalue weighted by molar-refractivity contribution is 0.590. The summed E-state index contributed by atoms with van der Waals surface area (Å²) in [5.74, 6) is 0.